The van der Waals surface area contributed by atoms with E-state index in [0.717, 1.165) is 26.8 Å². The van der Waals surface area contributed by atoms with Gasteiger partial charge >= 0.3 is 0 Å². The summed E-state index contributed by atoms with van der Waals surface area (Å²) in [4.78, 5) is 18.9. The maximum absolute atomic E-state index is 12.4. The number of benzene rings is 1. The Labute approximate surface area is 143 Å². The van der Waals surface area contributed by atoms with Gasteiger partial charge in [-0.05, 0) is 44.5 Å². The molecule has 0 saturated carbocycles. The third-order valence-corrected chi connectivity index (χ3v) is 4.48. The molecule has 3 rings (SSSR count). The van der Waals surface area contributed by atoms with E-state index in [1.54, 1.807) is 23.5 Å². The van der Waals surface area contributed by atoms with Crippen LogP contribution in [-0.4, -0.2) is 15.3 Å². The fraction of sp³-hybridized carbons (Fsp3) is 0.167. The number of anilines is 1. The Morgan fingerprint density at radius 3 is 2.88 bits per heavy atom. The molecule has 0 aliphatic carbocycles. The molecular weight excluding hydrogens is 320 g/mol. The van der Waals surface area contributed by atoms with Crippen molar-refractivity contribution in [3.8, 4) is 6.07 Å². The van der Waals surface area contributed by atoms with Gasteiger partial charge in [-0.15, -0.1) is 11.3 Å². The first-order valence-corrected chi connectivity index (χ1v) is 8.24. The molecule has 0 saturated heterocycles. The maximum Gasteiger partial charge on any atom is 0.266 e. The first-order chi connectivity index (χ1) is 11.5. The van der Waals surface area contributed by atoms with Gasteiger partial charge in [0.1, 0.15) is 11.6 Å². The molecule has 3 aromatic rings. The largest absolute Gasteiger partial charge is 0.321 e. The Hall–Kier alpha value is -2.91. The first kappa shape index (κ1) is 16.0. The number of hydrogen-bond acceptors (Lipinski definition) is 4. The zero-order valence-electron chi connectivity index (χ0n) is 13.6. The number of nitriles is 1. The number of aromatic nitrogens is 2. The second kappa shape index (κ2) is 6.30. The first-order valence-electron chi connectivity index (χ1n) is 7.43. The van der Waals surface area contributed by atoms with Gasteiger partial charge in [-0.25, -0.2) is 4.98 Å². The van der Waals surface area contributed by atoms with Crippen molar-refractivity contribution in [2.24, 2.45) is 0 Å². The van der Waals surface area contributed by atoms with E-state index in [4.69, 9.17) is 0 Å². The summed E-state index contributed by atoms with van der Waals surface area (Å²) in [6, 6.07) is 9.45. The third-order valence-electron chi connectivity index (χ3n) is 3.58. The lowest BCUT2D eigenvalue weighted by Crippen LogP contribution is -2.13. The predicted molar refractivity (Wildman–Crippen MR) is 95.9 cm³/mol. The quantitative estimate of drug-likeness (QED) is 0.583. The summed E-state index contributed by atoms with van der Waals surface area (Å²) < 4.78 is 1.91. The van der Waals surface area contributed by atoms with Gasteiger partial charge in [0.2, 0.25) is 0 Å². The molecule has 6 heteroatoms. The number of nitrogens with one attached hydrogen (secondary N) is 1. The highest BCUT2D eigenvalue weighted by atomic mass is 32.1. The number of carbonyl (C=O) groups excluding carboxylic acids is 1. The normalized spacial score (nSPS) is 11.5. The minimum absolute atomic E-state index is 0.0465. The number of nitrogens with zero attached hydrogens (tertiary/aromatic N) is 3. The Balaban J connectivity index is 1.95. The summed E-state index contributed by atoms with van der Waals surface area (Å²) in [6.45, 7) is 5.81. The molecule has 0 unspecified atom stereocenters. The van der Waals surface area contributed by atoms with Gasteiger partial charge in [0, 0.05) is 16.8 Å². The molecule has 0 atom stereocenters. The summed E-state index contributed by atoms with van der Waals surface area (Å²) in [5.74, 6) is -0.426. The van der Waals surface area contributed by atoms with E-state index in [1.165, 1.54) is 0 Å². The molecule has 5 nitrogen and oxygen atoms in total. The molecule has 1 N–H and O–H groups in total. The highest BCUT2D eigenvalue weighted by molar-refractivity contribution is 7.17. The van der Waals surface area contributed by atoms with Gasteiger partial charge in [-0.1, -0.05) is 12.1 Å². The number of carbonyl (C=O) groups is 1. The van der Waals surface area contributed by atoms with Crippen LogP contribution in [0.25, 0.3) is 11.0 Å². The molecule has 0 radical (unpaired) electrons. The molecule has 120 valence electrons. The molecule has 1 amide bonds. The molecular formula is C18H16N4OS. The number of fused-ring (bicyclic) bond motifs is 1. The van der Waals surface area contributed by atoms with E-state index in [1.807, 2.05) is 55.6 Å². The lowest BCUT2D eigenvalue weighted by Gasteiger charge is -2.05. The SMILES string of the molecule is Cc1cccc(NC(=O)/C(C#N)=C/c2c(C)nc3sc(C)cn23)c1. The van der Waals surface area contributed by atoms with E-state index in [2.05, 4.69) is 10.3 Å². The van der Waals surface area contributed by atoms with Crippen molar-refractivity contribution in [1.82, 2.24) is 9.38 Å². The number of thiazole rings is 1. The molecule has 0 bridgehead atoms. The molecule has 24 heavy (non-hydrogen) atoms. The molecule has 0 fully saturated rings. The number of rotatable bonds is 3. The van der Waals surface area contributed by atoms with Crippen LogP contribution in [0.2, 0.25) is 0 Å². The van der Waals surface area contributed by atoms with Crippen LogP contribution in [0.4, 0.5) is 5.69 Å². The van der Waals surface area contributed by atoms with Gasteiger partial charge in [-0.2, -0.15) is 5.26 Å². The Kier molecular flexibility index (Phi) is 4.19. The summed E-state index contributed by atoms with van der Waals surface area (Å²) in [6.07, 6.45) is 3.55. The maximum atomic E-state index is 12.4. The molecule has 2 heterocycles. The second-order valence-electron chi connectivity index (χ2n) is 5.57. The smallest absolute Gasteiger partial charge is 0.266 e. The Bertz CT molecular complexity index is 1000. The van der Waals surface area contributed by atoms with Crippen molar-refractivity contribution in [3.63, 3.8) is 0 Å². The molecule has 0 aliphatic heterocycles. The second-order valence-corrected chi connectivity index (χ2v) is 6.78. The van der Waals surface area contributed by atoms with E-state index < -0.39 is 5.91 Å². The van der Waals surface area contributed by atoms with Gasteiger partial charge in [0.25, 0.3) is 5.91 Å². The van der Waals surface area contributed by atoms with Gasteiger partial charge in [0.15, 0.2) is 4.96 Å². The number of amides is 1. The fourth-order valence-electron chi connectivity index (χ4n) is 2.46. The fourth-order valence-corrected chi connectivity index (χ4v) is 3.34. The summed E-state index contributed by atoms with van der Waals surface area (Å²) in [5.41, 5.74) is 3.30. The minimum Gasteiger partial charge on any atom is -0.321 e. The lowest BCUT2D eigenvalue weighted by molar-refractivity contribution is -0.112. The van der Waals surface area contributed by atoms with E-state index in [-0.39, 0.29) is 5.57 Å². The Morgan fingerprint density at radius 2 is 2.17 bits per heavy atom. The summed E-state index contributed by atoms with van der Waals surface area (Å²) in [5, 5.41) is 12.2. The monoisotopic (exact) mass is 336 g/mol. The van der Waals surface area contributed by atoms with Crippen LogP contribution in [0.5, 0.6) is 0 Å². The van der Waals surface area contributed by atoms with Crippen LogP contribution in [0, 0.1) is 32.1 Å². The van der Waals surface area contributed by atoms with Crippen molar-refractivity contribution >= 4 is 34.0 Å². The standard InChI is InChI=1S/C18H16N4OS/c1-11-5-4-6-15(7-11)21-17(23)14(9-19)8-16-13(3)20-18-22(16)10-12(2)24-18/h4-8,10H,1-3H3,(H,21,23)/b14-8+. The van der Waals surface area contributed by atoms with Gasteiger partial charge in [-0.3, -0.25) is 9.20 Å². The van der Waals surface area contributed by atoms with Crippen LogP contribution in [-0.2, 0) is 4.79 Å². The topological polar surface area (TPSA) is 70.2 Å². The van der Waals surface area contributed by atoms with Crippen LogP contribution < -0.4 is 5.32 Å². The highest BCUT2D eigenvalue weighted by Gasteiger charge is 2.14. The predicted octanol–water partition coefficient (Wildman–Crippen LogP) is 3.87. The van der Waals surface area contributed by atoms with Crippen LogP contribution in [0.1, 0.15) is 21.8 Å². The van der Waals surface area contributed by atoms with E-state index in [9.17, 15) is 10.1 Å². The zero-order chi connectivity index (χ0) is 17.3. The summed E-state index contributed by atoms with van der Waals surface area (Å²) in [7, 11) is 0. The number of aryl methyl sites for hydroxylation is 3. The summed E-state index contributed by atoms with van der Waals surface area (Å²) >= 11 is 1.57. The van der Waals surface area contributed by atoms with Crippen molar-refractivity contribution in [2.75, 3.05) is 5.32 Å². The van der Waals surface area contributed by atoms with E-state index >= 15 is 0 Å². The van der Waals surface area contributed by atoms with Crippen LogP contribution in [0.3, 0.4) is 0 Å². The van der Waals surface area contributed by atoms with Crippen molar-refractivity contribution in [1.29, 1.82) is 5.26 Å². The number of imidazole rings is 1. The lowest BCUT2D eigenvalue weighted by atomic mass is 10.2. The van der Waals surface area contributed by atoms with Crippen molar-refractivity contribution in [3.05, 3.63) is 57.9 Å². The molecule has 2 aromatic heterocycles. The number of hydrogen-bond donors (Lipinski definition) is 1. The zero-order valence-corrected chi connectivity index (χ0v) is 14.4. The van der Waals surface area contributed by atoms with E-state index in [0.29, 0.717) is 5.69 Å². The molecule has 0 spiro atoms. The van der Waals surface area contributed by atoms with Gasteiger partial charge < -0.3 is 5.32 Å². The van der Waals surface area contributed by atoms with Crippen LogP contribution in [0.15, 0.2) is 36.0 Å². The average molecular weight is 336 g/mol. The molecule has 1 aromatic carbocycles. The Morgan fingerprint density at radius 1 is 1.38 bits per heavy atom. The van der Waals surface area contributed by atoms with Crippen molar-refractivity contribution < 1.29 is 4.79 Å². The van der Waals surface area contributed by atoms with Crippen molar-refractivity contribution in [2.45, 2.75) is 20.8 Å². The third kappa shape index (κ3) is 3.07. The minimum atomic E-state index is -0.426. The van der Waals surface area contributed by atoms with Gasteiger partial charge in [0.05, 0.1) is 11.4 Å². The molecule has 0 aliphatic rings. The highest BCUT2D eigenvalue weighted by Crippen LogP contribution is 2.22. The van der Waals surface area contributed by atoms with Crippen LogP contribution >= 0.6 is 11.3 Å². The average Bonchev–Trinajstić information content (AvgIpc) is 3.00.